The van der Waals surface area contributed by atoms with Gasteiger partial charge in [-0.05, 0) is 13.0 Å². The summed E-state index contributed by atoms with van der Waals surface area (Å²) in [6, 6.07) is 9.09. The summed E-state index contributed by atoms with van der Waals surface area (Å²) in [4.78, 5) is 14.6. The first-order valence-corrected chi connectivity index (χ1v) is 7.91. The number of rotatable bonds is 5. The largest absolute Gasteiger partial charge is 0.384 e. The summed E-state index contributed by atoms with van der Waals surface area (Å²) in [5, 5.41) is 24.5. The van der Waals surface area contributed by atoms with Crippen molar-refractivity contribution in [2.45, 2.75) is 25.5 Å². The van der Waals surface area contributed by atoms with E-state index < -0.39 is 11.5 Å². The second-order valence-corrected chi connectivity index (χ2v) is 5.91. The van der Waals surface area contributed by atoms with E-state index in [0.717, 1.165) is 0 Å². The summed E-state index contributed by atoms with van der Waals surface area (Å²) in [7, 11) is 0. The van der Waals surface area contributed by atoms with Crippen LogP contribution in [0.25, 0.3) is 0 Å². The fourth-order valence-electron chi connectivity index (χ4n) is 3.36. The molecule has 0 radical (unpaired) electrons. The second kappa shape index (κ2) is 6.07. The molecule has 1 aromatic heterocycles. The van der Waals surface area contributed by atoms with Crippen molar-refractivity contribution in [2.24, 2.45) is 0 Å². The summed E-state index contributed by atoms with van der Waals surface area (Å²) in [6.45, 7) is 5.95. The van der Waals surface area contributed by atoms with Crippen molar-refractivity contribution >= 4 is 17.4 Å². The van der Waals surface area contributed by atoms with Crippen molar-refractivity contribution in [3.63, 3.8) is 0 Å². The zero-order chi connectivity index (χ0) is 18.2. The summed E-state index contributed by atoms with van der Waals surface area (Å²) < 4.78 is 1.46. The number of nitrogens with zero attached hydrogens (tertiary/aromatic N) is 4. The molecule has 7 nitrogen and oxygen atoms in total. The number of hydrogen-bond acceptors (Lipinski definition) is 5. The lowest BCUT2D eigenvalue weighted by atomic mass is 9.87. The smallest absolute Gasteiger partial charge is 0.268 e. The molecule has 25 heavy (non-hydrogen) atoms. The van der Waals surface area contributed by atoms with Gasteiger partial charge in [-0.25, -0.2) is 4.68 Å². The standard InChI is InChI=1S/C18H19N5O2/c1-3-10-22-14-8-5-4-7-13(14)18(25,17(22)24)15-12(2)21-23(16(15)20)11-6-9-19/h3-5,7-8,25H,1,6,10-11,20H2,2H3/t18-/m0/s1. The van der Waals surface area contributed by atoms with Gasteiger partial charge in [0.05, 0.1) is 36.0 Å². The molecule has 1 aromatic carbocycles. The Morgan fingerprint density at radius 1 is 1.48 bits per heavy atom. The maximum atomic E-state index is 13.1. The number of benzene rings is 1. The number of fused-ring (bicyclic) bond motifs is 1. The number of nitriles is 1. The molecular weight excluding hydrogens is 318 g/mol. The summed E-state index contributed by atoms with van der Waals surface area (Å²) in [5.41, 5.74) is 6.11. The Morgan fingerprint density at radius 2 is 2.20 bits per heavy atom. The quantitative estimate of drug-likeness (QED) is 0.803. The van der Waals surface area contributed by atoms with Gasteiger partial charge < -0.3 is 15.7 Å². The molecule has 1 amide bonds. The number of aromatic nitrogens is 2. The van der Waals surface area contributed by atoms with Crippen LogP contribution in [0, 0.1) is 18.3 Å². The highest BCUT2D eigenvalue weighted by molar-refractivity contribution is 6.10. The van der Waals surface area contributed by atoms with Crippen LogP contribution in [0.4, 0.5) is 11.5 Å². The first-order chi connectivity index (χ1) is 12.0. The van der Waals surface area contributed by atoms with Crippen molar-refractivity contribution < 1.29 is 9.90 Å². The molecule has 0 saturated carbocycles. The number of para-hydroxylation sites is 1. The van der Waals surface area contributed by atoms with Crippen LogP contribution in [0.1, 0.15) is 23.2 Å². The molecule has 3 N–H and O–H groups in total. The molecule has 1 atom stereocenters. The SMILES string of the molecule is C=CCN1C(=O)[C@@](O)(c2c(C)nn(CCC#N)c2N)c2ccccc21. The minimum absolute atomic E-state index is 0.193. The Hall–Kier alpha value is -3.11. The van der Waals surface area contributed by atoms with Gasteiger partial charge in [-0.3, -0.25) is 4.79 Å². The van der Waals surface area contributed by atoms with Crippen molar-refractivity contribution in [3.8, 4) is 6.07 Å². The highest BCUT2D eigenvalue weighted by atomic mass is 16.3. The van der Waals surface area contributed by atoms with Gasteiger partial charge in [0.2, 0.25) is 5.60 Å². The van der Waals surface area contributed by atoms with E-state index in [2.05, 4.69) is 11.7 Å². The van der Waals surface area contributed by atoms with E-state index in [0.29, 0.717) is 23.5 Å². The third-order valence-corrected chi connectivity index (χ3v) is 4.41. The van der Waals surface area contributed by atoms with Crippen LogP contribution in [0.5, 0.6) is 0 Å². The molecule has 0 fully saturated rings. The normalized spacial score (nSPS) is 18.9. The highest BCUT2D eigenvalue weighted by Gasteiger charge is 2.53. The molecule has 0 spiro atoms. The number of carbonyl (C=O) groups excluding carboxylic acids is 1. The molecule has 3 rings (SSSR count). The molecule has 2 aromatic rings. The average Bonchev–Trinajstić information content (AvgIpc) is 3.00. The number of nitrogens with two attached hydrogens (primary N) is 1. The fourth-order valence-corrected chi connectivity index (χ4v) is 3.36. The van der Waals surface area contributed by atoms with Gasteiger partial charge in [0.1, 0.15) is 5.82 Å². The predicted molar refractivity (Wildman–Crippen MR) is 93.6 cm³/mol. The number of aliphatic hydroxyl groups is 1. The number of anilines is 2. The Labute approximate surface area is 145 Å². The molecular formula is C18H19N5O2. The lowest BCUT2D eigenvalue weighted by Gasteiger charge is -2.23. The number of aryl methyl sites for hydroxylation is 2. The molecule has 0 bridgehead atoms. The maximum absolute atomic E-state index is 13.1. The molecule has 0 saturated heterocycles. The third kappa shape index (κ3) is 2.30. The van der Waals surface area contributed by atoms with Crippen molar-refractivity contribution in [3.05, 3.63) is 53.7 Å². The Morgan fingerprint density at radius 3 is 2.88 bits per heavy atom. The molecule has 7 heteroatoms. The van der Waals surface area contributed by atoms with Gasteiger partial charge in [-0.1, -0.05) is 24.3 Å². The lowest BCUT2D eigenvalue weighted by molar-refractivity contribution is -0.132. The van der Waals surface area contributed by atoms with E-state index in [4.69, 9.17) is 11.0 Å². The average molecular weight is 337 g/mol. The first kappa shape index (κ1) is 16.7. The van der Waals surface area contributed by atoms with Gasteiger partial charge >= 0.3 is 0 Å². The van der Waals surface area contributed by atoms with Crippen LogP contribution >= 0.6 is 0 Å². The van der Waals surface area contributed by atoms with Gasteiger partial charge in [0, 0.05) is 12.1 Å². The van der Waals surface area contributed by atoms with Gasteiger partial charge in [-0.15, -0.1) is 6.58 Å². The zero-order valence-electron chi connectivity index (χ0n) is 13.9. The Bertz CT molecular complexity index is 895. The number of nitrogen functional groups attached to an aromatic ring is 1. The number of hydrogen-bond donors (Lipinski definition) is 2. The van der Waals surface area contributed by atoms with Crippen molar-refractivity contribution in [1.29, 1.82) is 5.26 Å². The second-order valence-electron chi connectivity index (χ2n) is 5.91. The van der Waals surface area contributed by atoms with Crippen molar-refractivity contribution in [2.75, 3.05) is 17.2 Å². The van der Waals surface area contributed by atoms with Crippen LogP contribution < -0.4 is 10.6 Å². The summed E-state index contributed by atoms with van der Waals surface area (Å²) in [6.07, 6.45) is 1.84. The van der Waals surface area contributed by atoms with E-state index in [1.165, 1.54) is 9.58 Å². The Kier molecular flexibility index (Phi) is 4.07. The topological polar surface area (TPSA) is 108 Å². The Balaban J connectivity index is 2.20. The van der Waals surface area contributed by atoms with Gasteiger partial charge in [-0.2, -0.15) is 10.4 Å². The van der Waals surface area contributed by atoms with E-state index in [-0.39, 0.29) is 24.3 Å². The molecule has 0 aliphatic carbocycles. The van der Waals surface area contributed by atoms with Crippen LogP contribution in [0.2, 0.25) is 0 Å². The first-order valence-electron chi connectivity index (χ1n) is 7.91. The lowest BCUT2D eigenvalue weighted by Crippen LogP contribution is -2.42. The maximum Gasteiger partial charge on any atom is 0.268 e. The van der Waals surface area contributed by atoms with E-state index in [1.807, 2.05) is 6.07 Å². The van der Waals surface area contributed by atoms with Gasteiger partial charge in [0.15, 0.2) is 0 Å². The van der Waals surface area contributed by atoms with Crippen molar-refractivity contribution in [1.82, 2.24) is 9.78 Å². The van der Waals surface area contributed by atoms with Crippen LogP contribution in [-0.2, 0) is 16.9 Å². The van der Waals surface area contributed by atoms with Crippen LogP contribution in [0.3, 0.4) is 0 Å². The number of amides is 1. The zero-order valence-corrected chi connectivity index (χ0v) is 13.9. The minimum Gasteiger partial charge on any atom is -0.384 e. The fraction of sp³-hybridized carbons (Fsp3) is 0.278. The molecule has 128 valence electrons. The number of carbonyl (C=O) groups is 1. The molecule has 0 unspecified atom stereocenters. The predicted octanol–water partition coefficient (Wildman–Crippen LogP) is 1.46. The molecule has 1 aliphatic rings. The van der Waals surface area contributed by atoms with Crippen LogP contribution in [0.15, 0.2) is 36.9 Å². The monoisotopic (exact) mass is 337 g/mol. The third-order valence-electron chi connectivity index (χ3n) is 4.41. The van der Waals surface area contributed by atoms with E-state index in [9.17, 15) is 9.90 Å². The molecule has 1 aliphatic heterocycles. The van der Waals surface area contributed by atoms with E-state index in [1.54, 1.807) is 37.3 Å². The minimum atomic E-state index is -1.90. The highest BCUT2D eigenvalue weighted by Crippen LogP contribution is 2.46. The summed E-state index contributed by atoms with van der Waals surface area (Å²) in [5.74, 6) is -0.290. The van der Waals surface area contributed by atoms with E-state index >= 15 is 0 Å². The van der Waals surface area contributed by atoms with Crippen LogP contribution in [-0.4, -0.2) is 27.3 Å². The van der Waals surface area contributed by atoms with Gasteiger partial charge in [0.25, 0.3) is 5.91 Å². The summed E-state index contributed by atoms with van der Waals surface area (Å²) >= 11 is 0. The molecule has 2 heterocycles.